The van der Waals surface area contributed by atoms with Crippen molar-refractivity contribution in [2.75, 3.05) is 0 Å². The second-order valence-corrected chi connectivity index (χ2v) is 5.68. The van der Waals surface area contributed by atoms with Crippen molar-refractivity contribution in [3.8, 4) is 0 Å². The maximum absolute atomic E-state index is 6.17. The summed E-state index contributed by atoms with van der Waals surface area (Å²) in [5, 5.41) is 1.62. The largest absolute Gasteiger partial charge is 0.222 e. The Morgan fingerprint density at radius 1 is 1.27 bits per heavy atom. The second-order valence-electron chi connectivity index (χ2n) is 3.16. The zero-order valence-corrected chi connectivity index (χ0v) is 12.2. The Kier molecular flexibility index (Phi) is 3.47. The first-order chi connectivity index (χ1) is 7.17. The Bertz CT molecular complexity index is 510. The van der Waals surface area contributed by atoms with E-state index < -0.39 is 0 Å². The number of thiophene rings is 1. The van der Waals surface area contributed by atoms with Crippen molar-refractivity contribution in [2.45, 2.75) is 26.7 Å². The molecule has 0 aromatic carbocycles. The lowest BCUT2D eigenvalue weighted by molar-refractivity contribution is 0.964. The first-order valence-corrected chi connectivity index (χ1v) is 7.08. The van der Waals surface area contributed by atoms with E-state index in [1.54, 1.807) is 11.3 Å². The van der Waals surface area contributed by atoms with Gasteiger partial charge in [-0.2, -0.15) is 0 Å². The van der Waals surface area contributed by atoms with Gasteiger partial charge in [-0.15, -0.1) is 11.3 Å². The number of hydrogen-bond acceptors (Lipinski definition) is 3. The van der Waals surface area contributed by atoms with Gasteiger partial charge in [-0.1, -0.05) is 25.4 Å². The van der Waals surface area contributed by atoms with Crippen LogP contribution in [-0.2, 0) is 12.8 Å². The molecule has 0 saturated carbocycles. The lowest BCUT2D eigenvalue weighted by atomic mass is 10.3. The average Bonchev–Trinajstić information content (AvgIpc) is 2.55. The molecular weight excluding hydrogens is 343 g/mol. The van der Waals surface area contributed by atoms with Gasteiger partial charge in [0.25, 0.3) is 0 Å². The van der Waals surface area contributed by atoms with E-state index in [1.807, 2.05) is 6.92 Å². The number of fused-ring (bicyclic) bond motifs is 1. The van der Waals surface area contributed by atoms with E-state index in [0.29, 0.717) is 5.15 Å². The van der Waals surface area contributed by atoms with E-state index in [9.17, 15) is 0 Å². The third kappa shape index (κ3) is 1.99. The van der Waals surface area contributed by atoms with Gasteiger partial charge in [0.15, 0.2) is 0 Å². The van der Waals surface area contributed by atoms with E-state index in [1.165, 1.54) is 8.45 Å². The normalized spacial score (nSPS) is 11.2. The standard InChI is InChI=1S/C10H10ClIN2S/c1-3-5-8(12)7-9(11)13-6(4-2)14-10(7)15-5/h3-4H2,1-2H3. The molecule has 0 bridgehead atoms. The Hall–Kier alpha value is 0.0600. The molecule has 2 rings (SSSR count). The fourth-order valence-corrected chi connectivity index (χ4v) is 4.32. The third-order valence-electron chi connectivity index (χ3n) is 2.20. The minimum atomic E-state index is 0.595. The summed E-state index contributed by atoms with van der Waals surface area (Å²) in [5.41, 5.74) is 0. The van der Waals surface area contributed by atoms with Crippen LogP contribution in [0.2, 0.25) is 5.15 Å². The molecule has 0 saturated heterocycles. The molecule has 0 radical (unpaired) electrons. The fraction of sp³-hybridized carbons (Fsp3) is 0.400. The van der Waals surface area contributed by atoms with Crippen LogP contribution in [0.15, 0.2) is 0 Å². The van der Waals surface area contributed by atoms with Crippen LogP contribution in [0, 0.1) is 3.57 Å². The van der Waals surface area contributed by atoms with Crippen LogP contribution < -0.4 is 0 Å². The van der Waals surface area contributed by atoms with Crippen LogP contribution in [0.3, 0.4) is 0 Å². The highest BCUT2D eigenvalue weighted by molar-refractivity contribution is 14.1. The highest BCUT2D eigenvalue weighted by Gasteiger charge is 2.14. The minimum absolute atomic E-state index is 0.595. The predicted octanol–water partition coefficient (Wildman–Crippen LogP) is 4.07. The topological polar surface area (TPSA) is 25.8 Å². The number of aryl methyl sites for hydroxylation is 2. The second kappa shape index (κ2) is 4.51. The van der Waals surface area contributed by atoms with Gasteiger partial charge >= 0.3 is 0 Å². The summed E-state index contributed by atoms with van der Waals surface area (Å²) in [6, 6.07) is 0. The van der Waals surface area contributed by atoms with Gasteiger partial charge in [-0.3, -0.25) is 0 Å². The Labute approximate surface area is 111 Å². The minimum Gasteiger partial charge on any atom is -0.222 e. The molecule has 0 aliphatic rings. The predicted molar refractivity (Wildman–Crippen MR) is 73.9 cm³/mol. The summed E-state index contributed by atoms with van der Waals surface area (Å²) >= 11 is 10.2. The van der Waals surface area contributed by atoms with E-state index in [-0.39, 0.29) is 0 Å². The summed E-state index contributed by atoms with van der Waals surface area (Å²) in [4.78, 5) is 11.2. The zero-order valence-electron chi connectivity index (χ0n) is 8.47. The maximum Gasteiger partial charge on any atom is 0.142 e. The molecule has 0 unspecified atom stereocenters. The first kappa shape index (κ1) is 11.5. The van der Waals surface area contributed by atoms with Gasteiger partial charge in [-0.05, 0) is 29.0 Å². The van der Waals surface area contributed by atoms with Crippen molar-refractivity contribution >= 4 is 55.7 Å². The highest BCUT2D eigenvalue weighted by Crippen LogP contribution is 2.35. The number of rotatable bonds is 2. The summed E-state index contributed by atoms with van der Waals surface area (Å²) in [6.07, 6.45) is 1.85. The third-order valence-corrected chi connectivity index (χ3v) is 5.26. The molecule has 2 aromatic rings. The zero-order chi connectivity index (χ0) is 11.0. The van der Waals surface area contributed by atoms with Crippen molar-refractivity contribution in [3.63, 3.8) is 0 Å². The van der Waals surface area contributed by atoms with Gasteiger partial charge in [-0.25, -0.2) is 9.97 Å². The summed E-state index contributed by atoms with van der Waals surface area (Å²) in [6.45, 7) is 4.19. The summed E-state index contributed by atoms with van der Waals surface area (Å²) < 4.78 is 1.21. The number of hydrogen-bond donors (Lipinski definition) is 0. The first-order valence-electron chi connectivity index (χ1n) is 4.80. The molecule has 80 valence electrons. The monoisotopic (exact) mass is 352 g/mol. The van der Waals surface area contributed by atoms with Gasteiger partial charge in [0.05, 0.1) is 5.39 Å². The smallest absolute Gasteiger partial charge is 0.142 e. The van der Waals surface area contributed by atoms with Crippen LogP contribution in [0.5, 0.6) is 0 Å². The lowest BCUT2D eigenvalue weighted by Crippen LogP contribution is -1.92. The Morgan fingerprint density at radius 2 is 2.00 bits per heavy atom. The van der Waals surface area contributed by atoms with Gasteiger partial charge in [0, 0.05) is 14.9 Å². The quantitative estimate of drug-likeness (QED) is 0.601. The molecule has 0 spiro atoms. The molecule has 2 heterocycles. The van der Waals surface area contributed by atoms with Crippen LogP contribution in [0.4, 0.5) is 0 Å². The van der Waals surface area contributed by atoms with Gasteiger partial charge in [0.1, 0.15) is 15.8 Å². The Morgan fingerprint density at radius 3 is 2.60 bits per heavy atom. The van der Waals surface area contributed by atoms with E-state index >= 15 is 0 Å². The Balaban J connectivity index is 2.77. The van der Waals surface area contributed by atoms with Crippen molar-refractivity contribution in [1.29, 1.82) is 0 Å². The molecule has 15 heavy (non-hydrogen) atoms. The van der Waals surface area contributed by atoms with Crippen molar-refractivity contribution in [1.82, 2.24) is 9.97 Å². The van der Waals surface area contributed by atoms with E-state index in [4.69, 9.17) is 11.6 Å². The number of aromatic nitrogens is 2. The fourth-order valence-electron chi connectivity index (χ4n) is 1.40. The molecule has 0 atom stereocenters. The maximum atomic E-state index is 6.17. The summed E-state index contributed by atoms with van der Waals surface area (Å²) in [7, 11) is 0. The average molecular weight is 353 g/mol. The van der Waals surface area contributed by atoms with Crippen molar-refractivity contribution in [3.05, 3.63) is 19.4 Å². The molecule has 2 nitrogen and oxygen atoms in total. The van der Waals surface area contributed by atoms with Crippen molar-refractivity contribution in [2.24, 2.45) is 0 Å². The summed E-state index contributed by atoms with van der Waals surface area (Å²) in [5.74, 6) is 0.827. The van der Waals surface area contributed by atoms with Gasteiger partial charge < -0.3 is 0 Å². The van der Waals surface area contributed by atoms with Crippen LogP contribution in [0.25, 0.3) is 10.2 Å². The van der Waals surface area contributed by atoms with Crippen LogP contribution >= 0.6 is 45.5 Å². The molecule has 2 aromatic heterocycles. The SMILES string of the molecule is CCc1nc(Cl)c2c(I)c(CC)sc2n1. The van der Waals surface area contributed by atoms with Crippen LogP contribution in [0.1, 0.15) is 24.5 Å². The lowest BCUT2D eigenvalue weighted by Gasteiger charge is -1.98. The van der Waals surface area contributed by atoms with Gasteiger partial charge in [0.2, 0.25) is 0 Å². The molecule has 0 amide bonds. The van der Waals surface area contributed by atoms with E-state index in [2.05, 4.69) is 39.5 Å². The highest BCUT2D eigenvalue weighted by atomic mass is 127. The number of halogens is 2. The molecule has 0 aliphatic heterocycles. The molecule has 0 N–H and O–H groups in total. The van der Waals surface area contributed by atoms with E-state index in [0.717, 1.165) is 28.9 Å². The number of nitrogens with zero attached hydrogens (tertiary/aromatic N) is 2. The van der Waals surface area contributed by atoms with Crippen LogP contribution in [-0.4, -0.2) is 9.97 Å². The molecule has 0 fully saturated rings. The molecule has 0 aliphatic carbocycles. The molecule has 5 heteroatoms. The van der Waals surface area contributed by atoms with Crippen molar-refractivity contribution < 1.29 is 0 Å². The molecular formula is C10H10ClIN2S.